The van der Waals surface area contributed by atoms with Gasteiger partial charge in [0.1, 0.15) is 18.7 Å². The van der Waals surface area contributed by atoms with Gasteiger partial charge in [-0.1, -0.05) is 73.1 Å². The molecule has 1 aliphatic rings. The number of oxime groups is 1. The van der Waals surface area contributed by atoms with Crippen molar-refractivity contribution in [2.45, 2.75) is 53.0 Å². The molecule has 0 amide bonds. The number of unbranched alkanes of at least 4 members (excludes halogenated alkanes) is 1. The normalized spacial score (nSPS) is 13.5. The van der Waals surface area contributed by atoms with Crippen LogP contribution in [0.25, 0.3) is 16.7 Å². The first kappa shape index (κ1) is 31.2. The van der Waals surface area contributed by atoms with E-state index in [-0.39, 0.29) is 5.56 Å². The molecule has 0 fully saturated rings. The zero-order valence-electron chi connectivity index (χ0n) is 25.7. The Morgan fingerprint density at radius 2 is 1.88 bits per heavy atom. The number of methoxy groups -OCH3 is 1. The third kappa shape index (κ3) is 7.77. The van der Waals surface area contributed by atoms with Crippen LogP contribution in [0.4, 0.5) is 0 Å². The van der Waals surface area contributed by atoms with Crippen LogP contribution < -0.4 is 10.3 Å². The Hall–Kier alpha value is -4.72. The van der Waals surface area contributed by atoms with E-state index in [2.05, 4.69) is 53.5 Å². The topological polar surface area (TPSA) is 87.3 Å². The van der Waals surface area contributed by atoms with Crippen molar-refractivity contribution in [3.05, 3.63) is 111 Å². The molecular formula is C35H40N4O4. The molecule has 8 heteroatoms. The minimum absolute atomic E-state index is 0.0482. The summed E-state index contributed by atoms with van der Waals surface area (Å²) in [5, 5.41) is 4.12. The first-order valence-electron chi connectivity index (χ1n) is 14.7. The van der Waals surface area contributed by atoms with Crippen molar-refractivity contribution in [3.63, 3.8) is 0 Å². The van der Waals surface area contributed by atoms with Crippen LogP contribution in [-0.4, -0.2) is 42.6 Å². The van der Waals surface area contributed by atoms with Gasteiger partial charge in [-0.2, -0.15) is 4.99 Å². The number of allylic oxidation sites excluding steroid dienone is 4. The Balaban J connectivity index is 1.68. The van der Waals surface area contributed by atoms with Gasteiger partial charge in [-0.25, -0.2) is 4.98 Å². The lowest BCUT2D eigenvalue weighted by molar-refractivity contribution is 0.213. The summed E-state index contributed by atoms with van der Waals surface area (Å²) < 4.78 is 12.5. The molecule has 0 radical (unpaired) electrons. The van der Waals surface area contributed by atoms with Crippen LogP contribution in [0.5, 0.6) is 5.75 Å². The first-order valence-corrected chi connectivity index (χ1v) is 14.7. The molecule has 1 heterocycles. The minimum atomic E-state index is -0.0482. The van der Waals surface area contributed by atoms with Crippen LogP contribution in [0.1, 0.15) is 55.6 Å². The van der Waals surface area contributed by atoms with Crippen molar-refractivity contribution in [1.29, 1.82) is 0 Å². The second kappa shape index (κ2) is 15.5. The van der Waals surface area contributed by atoms with E-state index in [0.29, 0.717) is 24.6 Å². The van der Waals surface area contributed by atoms with Crippen LogP contribution in [-0.2, 0) is 22.5 Å². The van der Waals surface area contributed by atoms with Gasteiger partial charge in [0.25, 0.3) is 5.56 Å². The summed E-state index contributed by atoms with van der Waals surface area (Å²) in [7, 11) is 3.03. The van der Waals surface area contributed by atoms with Gasteiger partial charge in [-0.05, 0) is 66.6 Å². The van der Waals surface area contributed by atoms with Crippen LogP contribution >= 0.6 is 0 Å². The highest BCUT2D eigenvalue weighted by Crippen LogP contribution is 2.29. The van der Waals surface area contributed by atoms with Crippen LogP contribution in [0.3, 0.4) is 0 Å². The minimum Gasteiger partial charge on any atom is -0.494 e. The third-order valence-electron chi connectivity index (χ3n) is 7.12. The van der Waals surface area contributed by atoms with Gasteiger partial charge in [0.15, 0.2) is 6.40 Å². The van der Waals surface area contributed by atoms with Crippen LogP contribution in [0.2, 0.25) is 0 Å². The van der Waals surface area contributed by atoms with Crippen molar-refractivity contribution < 1.29 is 14.3 Å². The zero-order valence-corrected chi connectivity index (χ0v) is 25.7. The molecule has 1 aromatic heterocycles. The second-order valence-electron chi connectivity index (χ2n) is 10.1. The maximum Gasteiger partial charge on any atom is 0.261 e. The van der Waals surface area contributed by atoms with E-state index in [4.69, 9.17) is 19.3 Å². The summed E-state index contributed by atoms with van der Waals surface area (Å²) in [6.07, 6.45) is 14.7. The monoisotopic (exact) mass is 580 g/mol. The summed E-state index contributed by atoms with van der Waals surface area (Å²) in [5.74, 6) is 2.02. The fourth-order valence-corrected chi connectivity index (χ4v) is 4.96. The number of rotatable bonds is 12. The highest BCUT2D eigenvalue weighted by atomic mass is 16.6. The Morgan fingerprint density at radius 3 is 2.58 bits per heavy atom. The highest BCUT2D eigenvalue weighted by molar-refractivity contribution is 6.14. The zero-order chi connectivity index (χ0) is 30.6. The molecule has 1 aliphatic carbocycles. The fourth-order valence-electron chi connectivity index (χ4n) is 4.96. The van der Waals surface area contributed by atoms with Crippen molar-refractivity contribution in [2.75, 3.05) is 20.8 Å². The number of aliphatic imine (C=N–C) groups is 1. The number of benzene rings is 2. The van der Waals surface area contributed by atoms with E-state index in [1.807, 2.05) is 48.8 Å². The highest BCUT2D eigenvalue weighted by Gasteiger charge is 2.17. The maximum absolute atomic E-state index is 13.9. The van der Waals surface area contributed by atoms with Gasteiger partial charge in [0.05, 0.1) is 25.8 Å². The van der Waals surface area contributed by atoms with Crippen molar-refractivity contribution in [1.82, 2.24) is 9.55 Å². The molecule has 0 N–H and O–H groups in total. The second-order valence-corrected chi connectivity index (χ2v) is 10.1. The van der Waals surface area contributed by atoms with E-state index < -0.39 is 0 Å². The van der Waals surface area contributed by atoms with Crippen molar-refractivity contribution >= 4 is 17.8 Å². The van der Waals surface area contributed by atoms with Crippen LogP contribution in [0.15, 0.2) is 93.5 Å². The fraction of sp³-hybridized carbons (Fsp3) is 0.314. The number of aryl methyl sites for hydroxylation is 2. The smallest absolute Gasteiger partial charge is 0.261 e. The molecule has 0 aliphatic heterocycles. The predicted octanol–water partition coefficient (Wildman–Crippen LogP) is 6.91. The lowest BCUT2D eigenvalue weighted by atomic mass is 9.95. The standard InChI is InChI=1S/C35H40N4O4/c1-6-8-14-33-36-22-31(28-19-20-32(43-7-2)25(3)21-28)35(40)39(33)23-26-15-17-27(18-16-26)29-12-10-9-11-13-30(29)34(38-42-5)37-24-41-4/h9,11-13,15-22,24H,6-8,10,14,23H2,1-5H3/b37-24?,38-34-. The molecule has 3 aromatic rings. The summed E-state index contributed by atoms with van der Waals surface area (Å²) in [4.78, 5) is 28.1. The van der Waals surface area contributed by atoms with Crippen molar-refractivity contribution in [2.24, 2.45) is 10.1 Å². The van der Waals surface area contributed by atoms with Gasteiger partial charge in [-0.3, -0.25) is 9.36 Å². The average Bonchev–Trinajstić information content (AvgIpc) is 3.27. The Kier molecular flexibility index (Phi) is 11.2. The number of nitrogens with zero attached hydrogens (tertiary/aromatic N) is 4. The molecule has 4 rings (SSSR count). The molecule has 43 heavy (non-hydrogen) atoms. The van der Waals surface area contributed by atoms with E-state index >= 15 is 0 Å². The molecule has 2 aromatic carbocycles. The maximum atomic E-state index is 13.9. The Labute approximate surface area is 253 Å². The Morgan fingerprint density at radius 1 is 1.09 bits per heavy atom. The molecule has 0 bridgehead atoms. The molecule has 0 atom stereocenters. The lowest BCUT2D eigenvalue weighted by Gasteiger charge is -2.16. The van der Waals surface area contributed by atoms with E-state index in [9.17, 15) is 4.79 Å². The average molecular weight is 581 g/mol. The first-order chi connectivity index (χ1) is 21.0. The number of amidine groups is 1. The summed E-state index contributed by atoms with van der Waals surface area (Å²) in [5.41, 5.74) is 6.16. The predicted molar refractivity (Wildman–Crippen MR) is 174 cm³/mol. The van der Waals surface area contributed by atoms with Gasteiger partial charge in [0.2, 0.25) is 5.84 Å². The molecule has 0 saturated carbocycles. The number of ether oxygens (including phenoxy) is 2. The van der Waals surface area contributed by atoms with E-state index in [0.717, 1.165) is 70.7 Å². The molecule has 8 nitrogen and oxygen atoms in total. The van der Waals surface area contributed by atoms with E-state index in [1.165, 1.54) is 20.6 Å². The number of hydrogen-bond acceptors (Lipinski definition) is 6. The third-order valence-corrected chi connectivity index (χ3v) is 7.12. The number of aromatic nitrogens is 2. The summed E-state index contributed by atoms with van der Waals surface area (Å²) in [6, 6.07) is 14.1. The summed E-state index contributed by atoms with van der Waals surface area (Å²) in [6.45, 7) is 7.11. The SMILES string of the molecule is CCCCc1ncc(-c2ccc(OCC)c(C)c2)c(=O)n1Cc1ccc(C2=CCC=CC=C2/C(N=COC)=N/OC)cc1. The lowest BCUT2D eigenvalue weighted by Crippen LogP contribution is -2.27. The summed E-state index contributed by atoms with van der Waals surface area (Å²) >= 11 is 0. The van der Waals surface area contributed by atoms with Gasteiger partial charge in [0, 0.05) is 18.2 Å². The largest absolute Gasteiger partial charge is 0.494 e. The molecule has 0 unspecified atom stereocenters. The van der Waals surface area contributed by atoms with Gasteiger partial charge >= 0.3 is 0 Å². The quantitative estimate of drug-likeness (QED) is 0.132. The van der Waals surface area contributed by atoms with Crippen LogP contribution in [0, 0.1) is 6.92 Å². The van der Waals surface area contributed by atoms with Gasteiger partial charge < -0.3 is 14.3 Å². The molecule has 224 valence electrons. The molecular weight excluding hydrogens is 540 g/mol. The van der Waals surface area contributed by atoms with Gasteiger partial charge in [-0.15, -0.1) is 0 Å². The Bertz CT molecular complexity index is 1610. The van der Waals surface area contributed by atoms with Crippen molar-refractivity contribution in [3.8, 4) is 16.9 Å². The molecule has 0 spiro atoms. The number of hydrogen-bond donors (Lipinski definition) is 0. The molecule has 0 saturated heterocycles. The van der Waals surface area contributed by atoms with E-state index in [1.54, 1.807) is 6.20 Å².